The number of rotatable bonds is 10. The summed E-state index contributed by atoms with van der Waals surface area (Å²) in [6.07, 6.45) is 4.90. The van der Waals surface area contributed by atoms with Crippen LogP contribution in [0.5, 0.6) is 0 Å². The van der Waals surface area contributed by atoms with Crippen molar-refractivity contribution in [2.45, 2.75) is 45.8 Å². The zero-order valence-electron chi connectivity index (χ0n) is 16.2. The molecule has 0 bridgehead atoms. The summed E-state index contributed by atoms with van der Waals surface area (Å²) in [6, 6.07) is 10.8. The van der Waals surface area contributed by atoms with Crippen LogP contribution in [0, 0.1) is 11.7 Å². The van der Waals surface area contributed by atoms with Crippen LogP contribution >= 0.6 is 0 Å². The summed E-state index contributed by atoms with van der Waals surface area (Å²) in [5.74, 6) is 0.374. The standard InChI is InChI=1S/C22H31FN2O/c1-5-22(4,17-26)25(13-11-18(2)3)16-21-10-7-12-24(21)15-19-8-6-9-20(23)14-19/h5-10,12,14,18,26H,1,11,13,15-17H2,2-4H3. The summed E-state index contributed by atoms with van der Waals surface area (Å²) >= 11 is 0. The van der Waals surface area contributed by atoms with Crippen LogP contribution in [0.3, 0.4) is 0 Å². The predicted molar refractivity (Wildman–Crippen MR) is 105 cm³/mol. The molecule has 142 valence electrons. The molecule has 0 radical (unpaired) electrons. The molecule has 0 spiro atoms. The molecule has 2 rings (SSSR count). The highest BCUT2D eigenvalue weighted by atomic mass is 19.1. The minimum absolute atomic E-state index is 0.0270. The van der Waals surface area contributed by atoms with Crippen molar-refractivity contribution in [3.63, 3.8) is 0 Å². The molecule has 0 saturated heterocycles. The smallest absolute Gasteiger partial charge is 0.123 e. The fourth-order valence-electron chi connectivity index (χ4n) is 3.00. The van der Waals surface area contributed by atoms with Gasteiger partial charge in [-0.25, -0.2) is 4.39 Å². The van der Waals surface area contributed by atoms with Gasteiger partial charge in [0.1, 0.15) is 5.82 Å². The molecule has 0 amide bonds. The van der Waals surface area contributed by atoms with E-state index in [4.69, 9.17) is 0 Å². The van der Waals surface area contributed by atoms with Crippen molar-refractivity contribution in [1.82, 2.24) is 9.47 Å². The Bertz CT molecular complexity index is 710. The summed E-state index contributed by atoms with van der Waals surface area (Å²) < 4.78 is 15.6. The monoisotopic (exact) mass is 358 g/mol. The molecule has 3 nitrogen and oxygen atoms in total. The fraction of sp³-hybridized carbons (Fsp3) is 0.455. The number of halogens is 1. The van der Waals surface area contributed by atoms with Crippen molar-refractivity contribution in [2.75, 3.05) is 13.2 Å². The van der Waals surface area contributed by atoms with Crippen LogP contribution in [0.4, 0.5) is 4.39 Å². The van der Waals surface area contributed by atoms with Crippen LogP contribution < -0.4 is 0 Å². The highest BCUT2D eigenvalue weighted by Gasteiger charge is 2.28. The van der Waals surface area contributed by atoms with Crippen LogP contribution in [0.2, 0.25) is 0 Å². The average molecular weight is 359 g/mol. The van der Waals surface area contributed by atoms with E-state index in [1.807, 2.05) is 31.3 Å². The van der Waals surface area contributed by atoms with Crippen molar-refractivity contribution in [1.29, 1.82) is 0 Å². The van der Waals surface area contributed by atoms with E-state index in [2.05, 4.69) is 36.0 Å². The first-order valence-corrected chi connectivity index (χ1v) is 9.26. The summed E-state index contributed by atoms with van der Waals surface area (Å²) in [4.78, 5) is 2.28. The van der Waals surface area contributed by atoms with E-state index in [1.165, 1.54) is 6.07 Å². The highest BCUT2D eigenvalue weighted by molar-refractivity contribution is 5.19. The molecule has 0 saturated carbocycles. The molecule has 2 aromatic rings. The maximum atomic E-state index is 13.5. The maximum Gasteiger partial charge on any atom is 0.123 e. The summed E-state index contributed by atoms with van der Waals surface area (Å²) in [7, 11) is 0. The first-order valence-electron chi connectivity index (χ1n) is 9.26. The van der Waals surface area contributed by atoms with Crippen LogP contribution in [-0.2, 0) is 13.1 Å². The minimum Gasteiger partial charge on any atom is -0.394 e. The van der Waals surface area contributed by atoms with Gasteiger partial charge in [-0.15, -0.1) is 6.58 Å². The van der Waals surface area contributed by atoms with Gasteiger partial charge in [0.15, 0.2) is 0 Å². The molecule has 1 atom stereocenters. The highest BCUT2D eigenvalue weighted by Crippen LogP contribution is 2.22. The van der Waals surface area contributed by atoms with Crippen molar-refractivity contribution >= 4 is 0 Å². The fourth-order valence-corrected chi connectivity index (χ4v) is 3.00. The predicted octanol–water partition coefficient (Wildman–Crippen LogP) is 4.46. The molecule has 4 heteroatoms. The van der Waals surface area contributed by atoms with Gasteiger partial charge in [-0.3, -0.25) is 4.90 Å². The van der Waals surface area contributed by atoms with Crippen LogP contribution in [0.1, 0.15) is 38.4 Å². The quantitative estimate of drug-likeness (QED) is 0.635. The summed E-state index contributed by atoms with van der Waals surface area (Å²) in [5.41, 5.74) is 1.60. The largest absolute Gasteiger partial charge is 0.394 e. The number of nitrogens with zero attached hydrogens (tertiary/aromatic N) is 2. The molecule has 0 fully saturated rings. The first-order chi connectivity index (χ1) is 12.4. The third-order valence-corrected chi connectivity index (χ3v) is 4.98. The lowest BCUT2D eigenvalue weighted by atomic mass is 9.99. The van der Waals surface area contributed by atoms with Crippen LogP contribution in [-0.4, -0.2) is 33.3 Å². The van der Waals surface area contributed by atoms with E-state index in [0.29, 0.717) is 19.0 Å². The first kappa shape index (κ1) is 20.4. The number of hydrogen-bond donors (Lipinski definition) is 1. The van der Waals surface area contributed by atoms with Gasteiger partial charge in [-0.1, -0.05) is 32.1 Å². The van der Waals surface area contributed by atoms with Gasteiger partial charge >= 0.3 is 0 Å². The number of benzene rings is 1. The number of aromatic nitrogens is 1. The van der Waals surface area contributed by atoms with Gasteiger partial charge in [0, 0.05) is 25.0 Å². The van der Waals surface area contributed by atoms with Gasteiger partial charge < -0.3 is 9.67 Å². The number of aliphatic hydroxyl groups excluding tert-OH is 1. The Kier molecular flexibility index (Phi) is 7.18. The number of hydrogen-bond acceptors (Lipinski definition) is 2. The zero-order chi connectivity index (χ0) is 19.2. The third-order valence-electron chi connectivity index (χ3n) is 4.98. The maximum absolute atomic E-state index is 13.5. The van der Waals surface area contributed by atoms with Crippen molar-refractivity contribution in [3.05, 3.63) is 72.3 Å². The van der Waals surface area contributed by atoms with E-state index < -0.39 is 5.54 Å². The third kappa shape index (κ3) is 5.29. The zero-order valence-corrected chi connectivity index (χ0v) is 16.2. The molecule has 26 heavy (non-hydrogen) atoms. The molecule has 1 N–H and O–H groups in total. The molecular weight excluding hydrogens is 327 g/mol. The Morgan fingerprint density at radius 2 is 2.08 bits per heavy atom. The summed E-state index contributed by atoms with van der Waals surface area (Å²) in [5, 5.41) is 9.92. The second-order valence-corrected chi connectivity index (χ2v) is 7.58. The molecule has 1 heterocycles. The van der Waals surface area contributed by atoms with Gasteiger partial charge in [0.05, 0.1) is 12.1 Å². The second kappa shape index (κ2) is 9.15. The van der Waals surface area contributed by atoms with E-state index in [0.717, 1.165) is 24.2 Å². The SMILES string of the molecule is C=CC(C)(CO)N(CCC(C)C)Cc1cccn1Cc1cccc(F)c1. The second-order valence-electron chi connectivity index (χ2n) is 7.58. The Balaban J connectivity index is 2.20. The van der Waals surface area contributed by atoms with Gasteiger partial charge in [-0.05, 0) is 55.6 Å². The van der Waals surface area contributed by atoms with Gasteiger partial charge in [0.25, 0.3) is 0 Å². The van der Waals surface area contributed by atoms with Crippen molar-refractivity contribution in [2.24, 2.45) is 5.92 Å². The molecular formula is C22H31FN2O. The molecule has 0 aliphatic heterocycles. The Morgan fingerprint density at radius 3 is 2.69 bits per heavy atom. The Hall–Kier alpha value is -1.91. The summed E-state index contributed by atoms with van der Waals surface area (Å²) in [6.45, 7) is 12.6. The minimum atomic E-state index is -0.469. The average Bonchev–Trinajstić information content (AvgIpc) is 3.04. The van der Waals surface area contributed by atoms with Gasteiger partial charge in [-0.2, -0.15) is 0 Å². The molecule has 0 aliphatic carbocycles. The normalized spacial score (nSPS) is 14.0. The molecule has 1 aromatic carbocycles. The van der Waals surface area contributed by atoms with Gasteiger partial charge in [0.2, 0.25) is 0 Å². The van der Waals surface area contributed by atoms with E-state index in [9.17, 15) is 9.50 Å². The van der Waals surface area contributed by atoms with Crippen LogP contribution in [0.25, 0.3) is 0 Å². The topological polar surface area (TPSA) is 28.4 Å². The Morgan fingerprint density at radius 1 is 1.31 bits per heavy atom. The molecule has 1 unspecified atom stereocenters. The lowest BCUT2D eigenvalue weighted by molar-refractivity contribution is 0.0667. The number of aliphatic hydroxyl groups is 1. The lowest BCUT2D eigenvalue weighted by Crippen LogP contribution is -2.48. The molecule has 0 aliphatic rings. The van der Waals surface area contributed by atoms with Crippen molar-refractivity contribution < 1.29 is 9.50 Å². The van der Waals surface area contributed by atoms with Crippen LogP contribution in [0.15, 0.2) is 55.3 Å². The Labute approximate surface area is 156 Å². The molecule has 1 aromatic heterocycles. The van der Waals surface area contributed by atoms with E-state index in [1.54, 1.807) is 12.1 Å². The van der Waals surface area contributed by atoms with E-state index >= 15 is 0 Å². The van der Waals surface area contributed by atoms with E-state index in [-0.39, 0.29) is 12.4 Å². The van der Waals surface area contributed by atoms with Crippen molar-refractivity contribution in [3.8, 4) is 0 Å². The lowest BCUT2D eigenvalue weighted by Gasteiger charge is -2.38.